The highest BCUT2D eigenvalue weighted by Crippen LogP contribution is 2.14. The third-order valence-corrected chi connectivity index (χ3v) is 3.73. The zero-order valence-electron chi connectivity index (χ0n) is 14.8. The van der Waals surface area contributed by atoms with Gasteiger partial charge in [-0.3, -0.25) is 9.97 Å². The van der Waals surface area contributed by atoms with E-state index in [4.69, 9.17) is 0 Å². The van der Waals surface area contributed by atoms with Gasteiger partial charge >= 0.3 is 0 Å². The fourth-order valence-corrected chi connectivity index (χ4v) is 2.50. The topological polar surface area (TPSA) is 25.8 Å². The second kappa shape index (κ2) is 8.78. The van der Waals surface area contributed by atoms with Crippen LogP contribution >= 0.6 is 0 Å². The molecule has 0 N–H and O–H groups in total. The average molecular weight is 316 g/mol. The van der Waals surface area contributed by atoms with Crippen molar-refractivity contribution in [1.29, 1.82) is 0 Å². The zero-order chi connectivity index (χ0) is 17.4. The highest BCUT2D eigenvalue weighted by Gasteiger charge is 1.94. The number of pyridine rings is 2. The van der Waals surface area contributed by atoms with Crippen LogP contribution < -0.4 is 0 Å². The molecule has 0 saturated carbocycles. The van der Waals surface area contributed by atoms with Crippen molar-refractivity contribution in [1.82, 2.24) is 9.97 Å². The lowest BCUT2D eigenvalue weighted by Crippen LogP contribution is -1.79. The highest BCUT2D eigenvalue weighted by atomic mass is 14.6. The lowest BCUT2D eigenvalue weighted by atomic mass is 10.1. The van der Waals surface area contributed by atoms with E-state index in [0.29, 0.717) is 0 Å². The zero-order valence-corrected chi connectivity index (χ0v) is 14.8. The van der Waals surface area contributed by atoms with E-state index in [9.17, 15) is 0 Å². The smallest absolute Gasteiger partial charge is 0.0704 e. The number of hydrogen-bond acceptors (Lipinski definition) is 2. The SMILES string of the molecule is CC.Cc1cccc2ncccc12.Cc1ccnc2ccccc12. The van der Waals surface area contributed by atoms with Gasteiger partial charge in [0.25, 0.3) is 0 Å². The summed E-state index contributed by atoms with van der Waals surface area (Å²) in [4.78, 5) is 8.48. The molecule has 24 heavy (non-hydrogen) atoms. The van der Waals surface area contributed by atoms with Gasteiger partial charge in [0, 0.05) is 23.2 Å². The van der Waals surface area contributed by atoms with E-state index < -0.39 is 0 Å². The number of nitrogens with zero attached hydrogens (tertiary/aromatic N) is 2. The summed E-state index contributed by atoms with van der Waals surface area (Å²) in [6.45, 7) is 8.20. The molecular weight excluding hydrogens is 292 g/mol. The van der Waals surface area contributed by atoms with Crippen LogP contribution in [0.15, 0.2) is 73.1 Å². The van der Waals surface area contributed by atoms with E-state index in [1.54, 1.807) is 0 Å². The summed E-state index contributed by atoms with van der Waals surface area (Å²) in [5.74, 6) is 0. The average Bonchev–Trinajstić information content (AvgIpc) is 2.65. The van der Waals surface area contributed by atoms with Crippen molar-refractivity contribution >= 4 is 21.8 Å². The van der Waals surface area contributed by atoms with E-state index in [0.717, 1.165) is 11.0 Å². The largest absolute Gasteiger partial charge is 0.256 e. The monoisotopic (exact) mass is 316 g/mol. The first-order chi connectivity index (χ1) is 11.8. The maximum absolute atomic E-state index is 4.24. The molecule has 122 valence electrons. The van der Waals surface area contributed by atoms with Crippen molar-refractivity contribution in [3.8, 4) is 0 Å². The van der Waals surface area contributed by atoms with Gasteiger partial charge in [0.1, 0.15) is 0 Å². The molecule has 0 aliphatic rings. The number of aryl methyl sites for hydroxylation is 2. The van der Waals surface area contributed by atoms with Crippen LogP contribution in [-0.4, -0.2) is 9.97 Å². The van der Waals surface area contributed by atoms with Gasteiger partial charge in [-0.25, -0.2) is 0 Å². The number of para-hydroxylation sites is 1. The summed E-state index contributed by atoms with van der Waals surface area (Å²) in [6, 6.07) is 20.4. The number of fused-ring (bicyclic) bond motifs is 2. The molecular formula is C22H24N2. The number of aromatic nitrogens is 2. The van der Waals surface area contributed by atoms with Crippen LogP contribution in [0.3, 0.4) is 0 Å². The number of hydrogen-bond donors (Lipinski definition) is 0. The van der Waals surface area contributed by atoms with Gasteiger partial charge in [0.2, 0.25) is 0 Å². The van der Waals surface area contributed by atoms with Gasteiger partial charge in [0.05, 0.1) is 11.0 Å². The third kappa shape index (κ3) is 4.17. The molecule has 0 unspecified atom stereocenters. The Bertz CT molecular complexity index is 826. The number of rotatable bonds is 0. The normalized spacial score (nSPS) is 9.67. The van der Waals surface area contributed by atoms with Crippen LogP contribution in [0, 0.1) is 13.8 Å². The molecule has 0 atom stereocenters. The first-order valence-corrected chi connectivity index (χ1v) is 8.36. The van der Waals surface area contributed by atoms with Crippen molar-refractivity contribution in [3.05, 3.63) is 84.2 Å². The first-order valence-electron chi connectivity index (χ1n) is 8.36. The van der Waals surface area contributed by atoms with E-state index in [1.807, 2.05) is 68.7 Å². The molecule has 0 bridgehead atoms. The van der Waals surface area contributed by atoms with Crippen molar-refractivity contribution in [2.24, 2.45) is 0 Å². The number of benzene rings is 2. The maximum Gasteiger partial charge on any atom is 0.0704 e. The molecule has 0 saturated heterocycles. The molecule has 0 spiro atoms. The predicted molar refractivity (Wildman–Crippen MR) is 104 cm³/mol. The minimum Gasteiger partial charge on any atom is -0.256 e. The van der Waals surface area contributed by atoms with Gasteiger partial charge in [-0.05, 0) is 49.2 Å². The Kier molecular flexibility index (Phi) is 6.44. The second-order valence-electron chi connectivity index (χ2n) is 5.29. The van der Waals surface area contributed by atoms with Gasteiger partial charge in [-0.15, -0.1) is 0 Å². The maximum atomic E-state index is 4.24. The molecule has 4 rings (SSSR count). The predicted octanol–water partition coefficient (Wildman–Crippen LogP) is 6.11. The molecule has 2 aromatic heterocycles. The molecule has 0 aliphatic carbocycles. The van der Waals surface area contributed by atoms with Crippen molar-refractivity contribution in [2.75, 3.05) is 0 Å². The van der Waals surface area contributed by atoms with Crippen molar-refractivity contribution < 1.29 is 0 Å². The first kappa shape index (κ1) is 17.6. The van der Waals surface area contributed by atoms with E-state index in [1.165, 1.54) is 21.9 Å². The minimum absolute atomic E-state index is 1.08. The molecule has 0 fully saturated rings. The van der Waals surface area contributed by atoms with Crippen LogP contribution in [0.2, 0.25) is 0 Å². The Balaban J connectivity index is 0.000000158. The van der Waals surface area contributed by atoms with Gasteiger partial charge in [-0.2, -0.15) is 0 Å². The van der Waals surface area contributed by atoms with Gasteiger partial charge < -0.3 is 0 Å². The van der Waals surface area contributed by atoms with Crippen LogP contribution in [0.25, 0.3) is 21.8 Å². The van der Waals surface area contributed by atoms with Gasteiger partial charge in [0.15, 0.2) is 0 Å². The summed E-state index contributed by atoms with van der Waals surface area (Å²) in [6.07, 6.45) is 3.67. The molecule has 2 heteroatoms. The molecule has 0 aliphatic heterocycles. The van der Waals surface area contributed by atoms with Crippen LogP contribution in [-0.2, 0) is 0 Å². The Hall–Kier alpha value is -2.74. The second-order valence-corrected chi connectivity index (χ2v) is 5.29. The van der Waals surface area contributed by atoms with Crippen molar-refractivity contribution in [2.45, 2.75) is 27.7 Å². The lowest BCUT2D eigenvalue weighted by Gasteiger charge is -1.97. The Morgan fingerprint density at radius 3 is 1.79 bits per heavy atom. The molecule has 2 aromatic carbocycles. The molecule has 4 aromatic rings. The molecule has 0 radical (unpaired) electrons. The quantitative estimate of drug-likeness (QED) is 0.391. The Morgan fingerprint density at radius 1 is 0.542 bits per heavy atom. The van der Waals surface area contributed by atoms with E-state index in [2.05, 4.69) is 42.0 Å². The van der Waals surface area contributed by atoms with Crippen LogP contribution in [0.4, 0.5) is 0 Å². The van der Waals surface area contributed by atoms with Gasteiger partial charge in [-0.1, -0.05) is 50.2 Å². The highest BCUT2D eigenvalue weighted by molar-refractivity contribution is 5.82. The third-order valence-electron chi connectivity index (χ3n) is 3.73. The summed E-state index contributed by atoms with van der Waals surface area (Å²) >= 11 is 0. The van der Waals surface area contributed by atoms with Crippen LogP contribution in [0.5, 0.6) is 0 Å². The fraction of sp³-hybridized carbons (Fsp3) is 0.182. The van der Waals surface area contributed by atoms with Crippen molar-refractivity contribution in [3.63, 3.8) is 0 Å². The summed E-state index contributed by atoms with van der Waals surface area (Å²) in [5, 5.41) is 2.49. The summed E-state index contributed by atoms with van der Waals surface area (Å²) in [5.41, 5.74) is 4.73. The Labute approximate surface area is 144 Å². The lowest BCUT2D eigenvalue weighted by molar-refractivity contribution is 1.37. The van der Waals surface area contributed by atoms with E-state index in [-0.39, 0.29) is 0 Å². The van der Waals surface area contributed by atoms with Crippen LogP contribution in [0.1, 0.15) is 25.0 Å². The summed E-state index contributed by atoms with van der Waals surface area (Å²) in [7, 11) is 0. The minimum atomic E-state index is 1.08. The molecule has 2 heterocycles. The standard InChI is InChI=1S/2C10H9N.C2H6/c1-8-4-2-6-10-9(8)5-3-7-11-10;1-8-6-7-11-10-5-3-2-4-9(8)10;1-2/h2*2-7H,1H3;1-2H3. The summed E-state index contributed by atoms with van der Waals surface area (Å²) < 4.78 is 0. The Morgan fingerprint density at radius 2 is 1.08 bits per heavy atom. The van der Waals surface area contributed by atoms with E-state index >= 15 is 0 Å². The molecule has 2 nitrogen and oxygen atoms in total. The molecule has 0 amide bonds. The fourth-order valence-electron chi connectivity index (χ4n) is 2.50.